The van der Waals surface area contributed by atoms with Gasteiger partial charge in [0.05, 0.1) is 26.9 Å². The largest absolute Gasteiger partial charge is 0.496 e. The molecule has 2 rings (SSSR count). The maximum Gasteiger partial charge on any atom is 0.259 e. The topological polar surface area (TPSA) is 99.9 Å². The lowest BCUT2D eigenvalue weighted by Gasteiger charge is -2.14. The average Bonchev–Trinajstić information content (AvgIpc) is 2.60. The molecule has 0 unspecified atom stereocenters. The lowest BCUT2D eigenvalue weighted by atomic mass is 10.1. The molecule has 0 aromatic heterocycles. The zero-order valence-corrected chi connectivity index (χ0v) is 13.6. The Bertz CT molecular complexity index is 756. The summed E-state index contributed by atoms with van der Waals surface area (Å²) in [6.07, 6.45) is 0. The van der Waals surface area contributed by atoms with Gasteiger partial charge in [0, 0.05) is 23.4 Å². The first-order chi connectivity index (χ1) is 11.5. The fraction of sp³-hybridized carbons (Fsp3) is 0.176. The monoisotopic (exact) mass is 330 g/mol. The summed E-state index contributed by atoms with van der Waals surface area (Å²) < 4.78 is 15.6. The van der Waals surface area contributed by atoms with Gasteiger partial charge in [-0.1, -0.05) is 0 Å². The zero-order chi connectivity index (χ0) is 17.7. The number of benzene rings is 2. The highest BCUT2D eigenvalue weighted by molar-refractivity contribution is 6.07. The summed E-state index contributed by atoms with van der Waals surface area (Å²) in [5, 5.41) is 2.72. The van der Waals surface area contributed by atoms with Crippen LogP contribution in [0.15, 0.2) is 36.4 Å². The van der Waals surface area contributed by atoms with Gasteiger partial charge in [0.2, 0.25) is 5.91 Å². The van der Waals surface area contributed by atoms with Crippen LogP contribution in [0, 0.1) is 0 Å². The molecule has 0 saturated carbocycles. The number of nitrogens with two attached hydrogens (primary N) is 1. The van der Waals surface area contributed by atoms with Crippen molar-refractivity contribution in [2.75, 3.05) is 26.6 Å². The Morgan fingerprint density at radius 1 is 0.875 bits per heavy atom. The molecule has 7 heteroatoms. The number of hydrogen-bond donors (Lipinski definition) is 2. The van der Waals surface area contributed by atoms with Gasteiger partial charge >= 0.3 is 0 Å². The fourth-order valence-electron chi connectivity index (χ4n) is 2.12. The maximum absolute atomic E-state index is 12.5. The number of nitrogens with one attached hydrogen (secondary N) is 1. The molecule has 0 radical (unpaired) electrons. The van der Waals surface area contributed by atoms with E-state index in [1.54, 1.807) is 18.2 Å². The number of primary amides is 1. The van der Waals surface area contributed by atoms with Crippen LogP contribution in [0.4, 0.5) is 5.69 Å². The Balaban J connectivity index is 2.30. The third-order valence-electron chi connectivity index (χ3n) is 3.38. The first kappa shape index (κ1) is 17.1. The van der Waals surface area contributed by atoms with Crippen molar-refractivity contribution >= 4 is 17.5 Å². The molecule has 2 aromatic rings. The van der Waals surface area contributed by atoms with Crippen LogP contribution in [0.5, 0.6) is 17.2 Å². The summed E-state index contributed by atoms with van der Waals surface area (Å²) in [7, 11) is 4.44. The Hall–Kier alpha value is -3.22. The van der Waals surface area contributed by atoms with Crippen molar-refractivity contribution in [3.8, 4) is 17.2 Å². The van der Waals surface area contributed by atoms with Gasteiger partial charge in [0.15, 0.2) is 11.5 Å². The van der Waals surface area contributed by atoms with Gasteiger partial charge in [-0.2, -0.15) is 0 Å². The number of carbonyl (C=O) groups excluding carboxylic acids is 2. The second kappa shape index (κ2) is 7.36. The van der Waals surface area contributed by atoms with E-state index in [0.717, 1.165) is 0 Å². The zero-order valence-electron chi connectivity index (χ0n) is 13.6. The lowest BCUT2D eigenvalue weighted by Crippen LogP contribution is -2.14. The van der Waals surface area contributed by atoms with Crippen molar-refractivity contribution < 1.29 is 23.8 Å². The number of anilines is 1. The van der Waals surface area contributed by atoms with E-state index in [-0.39, 0.29) is 11.5 Å². The van der Waals surface area contributed by atoms with Crippen LogP contribution in [0.1, 0.15) is 20.7 Å². The van der Waals surface area contributed by atoms with Crippen molar-refractivity contribution in [2.45, 2.75) is 0 Å². The van der Waals surface area contributed by atoms with Gasteiger partial charge in [-0.15, -0.1) is 0 Å². The fourth-order valence-corrected chi connectivity index (χ4v) is 2.12. The van der Waals surface area contributed by atoms with E-state index in [2.05, 4.69) is 5.32 Å². The van der Waals surface area contributed by atoms with Crippen LogP contribution in [-0.2, 0) is 0 Å². The lowest BCUT2D eigenvalue weighted by molar-refractivity contribution is 0.0998. The summed E-state index contributed by atoms with van der Waals surface area (Å²) in [5.74, 6) is 0.289. The van der Waals surface area contributed by atoms with E-state index < -0.39 is 5.91 Å². The first-order valence-electron chi connectivity index (χ1n) is 7.01. The molecule has 0 saturated heterocycles. The Labute approximate surface area is 139 Å². The van der Waals surface area contributed by atoms with Crippen molar-refractivity contribution in [1.29, 1.82) is 0 Å². The maximum atomic E-state index is 12.5. The molecule has 7 nitrogen and oxygen atoms in total. The molecule has 0 fully saturated rings. The van der Waals surface area contributed by atoms with Gasteiger partial charge < -0.3 is 25.3 Å². The van der Waals surface area contributed by atoms with Gasteiger partial charge in [0.25, 0.3) is 5.91 Å². The SMILES string of the molecule is COc1cc(OC)c(C(=O)Nc2ccc(C(N)=O)cc2)cc1OC. The Morgan fingerprint density at radius 2 is 1.42 bits per heavy atom. The van der Waals surface area contributed by atoms with E-state index in [1.165, 1.54) is 39.5 Å². The van der Waals surface area contributed by atoms with E-state index in [4.69, 9.17) is 19.9 Å². The highest BCUT2D eigenvalue weighted by Crippen LogP contribution is 2.34. The molecule has 0 aliphatic carbocycles. The minimum atomic E-state index is -0.533. The number of ether oxygens (including phenoxy) is 3. The van der Waals surface area contributed by atoms with Crippen LogP contribution >= 0.6 is 0 Å². The number of hydrogen-bond acceptors (Lipinski definition) is 5. The molecule has 2 aromatic carbocycles. The molecule has 0 aliphatic heterocycles. The molecule has 0 atom stereocenters. The van der Waals surface area contributed by atoms with E-state index in [0.29, 0.717) is 28.5 Å². The molecule has 0 bridgehead atoms. The van der Waals surface area contributed by atoms with Crippen molar-refractivity contribution in [3.05, 3.63) is 47.5 Å². The summed E-state index contributed by atoms with van der Waals surface area (Å²) in [6, 6.07) is 9.35. The highest BCUT2D eigenvalue weighted by atomic mass is 16.5. The van der Waals surface area contributed by atoms with Crippen molar-refractivity contribution in [3.63, 3.8) is 0 Å². The van der Waals surface area contributed by atoms with E-state index in [1.807, 2.05) is 0 Å². The third kappa shape index (κ3) is 3.57. The average molecular weight is 330 g/mol. The second-order valence-electron chi connectivity index (χ2n) is 4.80. The van der Waals surface area contributed by atoms with Gasteiger partial charge in [-0.25, -0.2) is 0 Å². The molecular weight excluding hydrogens is 312 g/mol. The summed E-state index contributed by atoms with van der Waals surface area (Å²) in [6.45, 7) is 0. The highest BCUT2D eigenvalue weighted by Gasteiger charge is 2.18. The van der Waals surface area contributed by atoms with Gasteiger partial charge in [0.1, 0.15) is 5.75 Å². The van der Waals surface area contributed by atoms with Crippen LogP contribution < -0.4 is 25.3 Å². The predicted octanol–water partition coefficient (Wildman–Crippen LogP) is 2.06. The molecule has 24 heavy (non-hydrogen) atoms. The number of amides is 2. The van der Waals surface area contributed by atoms with E-state index in [9.17, 15) is 9.59 Å². The molecule has 2 amide bonds. The normalized spacial score (nSPS) is 9.96. The summed E-state index contributed by atoms with van der Waals surface area (Å²) in [5.41, 5.74) is 6.34. The van der Waals surface area contributed by atoms with Crippen LogP contribution in [0.3, 0.4) is 0 Å². The van der Waals surface area contributed by atoms with E-state index >= 15 is 0 Å². The molecule has 126 valence electrons. The van der Waals surface area contributed by atoms with Crippen LogP contribution in [0.2, 0.25) is 0 Å². The van der Waals surface area contributed by atoms with Crippen molar-refractivity contribution in [2.24, 2.45) is 5.73 Å². The first-order valence-corrected chi connectivity index (χ1v) is 7.01. The number of methoxy groups -OCH3 is 3. The quantitative estimate of drug-likeness (QED) is 0.844. The Morgan fingerprint density at radius 3 is 1.92 bits per heavy atom. The third-order valence-corrected chi connectivity index (χ3v) is 3.38. The minimum absolute atomic E-state index is 0.286. The second-order valence-corrected chi connectivity index (χ2v) is 4.80. The molecule has 0 heterocycles. The van der Waals surface area contributed by atoms with Crippen LogP contribution in [0.25, 0.3) is 0 Å². The van der Waals surface area contributed by atoms with Crippen molar-refractivity contribution in [1.82, 2.24) is 0 Å². The van der Waals surface area contributed by atoms with Gasteiger partial charge in [-0.05, 0) is 24.3 Å². The number of rotatable bonds is 6. The molecule has 0 aliphatic rings. The van der Waals surface area contributed by atoms with Crippen LogP contribution in [-0.4, -0.2) is 33.1 Å². The van der Waals surface area contributed by atoms with Gasteiger partial charge in [-0.3, -0.25) is 9.59 Å². The summed E-state index contributed by atoms with van der Waals surface area (Å²) in [4.78, 5) is 23.6. The Kier molecular flexibility index (Phi) is 5.26. The minimum Gasteiger partial charge on any atom is -0.496 e. The molecular formula is C17H18N2O5. The standard InChI is InChI=1S/C17H18N2O5/c1-22-13-9-15(24-3)14(23-2)8-12(13)17(21)19-11-6-4-10(5-7-11)16(18)20/h4-9H,1-3H3,(H2,18,20)(H,19,21). The predicted molar refractivity (Wildman–Crippen MR) is 89.0 cm³/mol. The molecule has 0 spiro atoms. The smallest absolute Gasteiger partial charge is 0.259 e. The summed E-state index contributed by atoms with van der Waals surface area (Å²) >= 11 is 0. The molecule has 3 N–H and O–H groups in total. The number of carbonyl (C=O) groups is 2.